The van der Waals surface area contributed by atoms with E-state index in [0.29, 0.717) is 6.54 Å². The number of fused-ring (bicyclic) bond motifs is 1. The number of rotatable bonds is 1. The molecular weight excluding hydrogens is 190 g/mol. The van der Waals surface area contributed by atoms with E-state index in [1.807, 2.05) is 24.3 Å². The fraction of sp³-hybridized carbons (Fsp3) is 0.222. The standard InChI is InChI=1S/C9H9NO2.ClH/c11-9(12)8-7-4-2-1-3-6(7)5-10-8;/h1-4,8,10H,5H2,(H,11,12);1H. The second-order valence-corrected chi connectivity index (χ2v) is 2.85. The molecule has 0 aromatic heterocycles. The highest BCUT2D eigenvalue weighted by Crippen LogP contribution is 2.24. The fourth-order valence-corrected chi connectivity index (χ4v) is 1.52. The van der Waals surface area contributed by atoms with E-state index in [2.05, 4.69) is 5.32 Å². The van der Waals surface area contributed by atoms with Gasteiger partial charge in [-0.2, -0.15) is 0 Å². The molecule has 0 fully saturated rings. The van der Waals surface area contributed by atoms with Gasteiger partial charge < -0.3 is 5.11 Å². The third-order valence-electron chi connectivity index (χ3n) is 2.11. The normalized spacial score (nSPS) is 18.9. The van der Waals surface area contributed by atoms with Crippen LogP contribution in [-0.4, -0.2) is 11.1 Å². The molecule has 0 amide bonds. The van der Waals surface area contributed by atoms with E-state index in [1.54, 1.807) is 0 Å². The van der Waals surface area contributed by atoms with Gasteiger partial charge in [-0.15, -0.1) is 12.4 Å². The molecule has 1 heterocycles. The molecule has 1 aromatic rings. The maximum Gasteiger partial charge on any atom is 0.325 e. The number of halogens is 1. The van der Waals surface area contributed by atoms with Crippen LogP contribution in [0.5, 0.6) is 0 Å². The minimum atomic E-state index is -0.806. The molecule has 4 heteroatoms. The Morgan fingerprint density at radius 2 is 2.15 bits per heavy atom. The molecule has 2 rings (SSSR count). The number of aliphatic carboxylic acids is 1. The molecule has 70 valence electrons. The molecule has 0 radical (unpaired) electrons. The van der Waals surface area contributed by atoms with Crippen molar-refractivity contribution < 1.29 is 9.90 Å². The first-order chi connectivity index (χ1) is 5.79. The first kappa shape index (κ1) is 10.0. The van der Waals surface area contributed by atoms with Crippen LogP contribution in [0, 0.1) is 0 Å². The van der Waals surface area contributed by atoms with Crippen LogP contribution in [0.25, 0.3) is 0 Å². The molecule has 1 aliphatic rings. The topological polar surface area (TPSA) is 49.3 Å². The van der Waals surface area contributed by atoms with Crippen molar-refractivity contribution in [2.75, 3.05) is 0 Å². The summed E-state index contributed by atoms with van der Waals surface area (Å²) in [6.45, 7) is 0.660. The minimum absolute atomic E-state index is 0. The largest absolute Gasteiger partial charge is 0.480 e. The van der Waals surface area contributed by atoms with Crippen LogP contribution in [0.3, 0.4) is 0 Å². The van der Waals surface area contributed by atoms with Crippen molar-refractivity contribution in [3.63, 3.8) is 0 Å². The number of carboxylic acid groups (broad SMARTS) is 1. The number of carboxylic acids is 1. The van der Waals surface area contributed by atoms with Gasteiger partial charge in [-0.3, -0.25) is 10.1 Å². The predicted molar refractivity (Wildman–Crippen MR) is 50.9 cm³/mol. The van der Waals surface area contributed by atoms with Crippen molar-refractivity contribution in [3.05, 3.63) is 35.4 Å². The van der Waals surface area contributed by atoms with Crippen molar-refractivity contribution in [2.45, 2.75) is 12.6 Å². The molecule has 0 saturated carbocycles. The van der Waals surface area contributed by atoms with Gasteiger partial charge in [0, 0.05) is 6.54 Å². The summed E-state index contributed by atoms with van der Waals surface area (Å²) in [6, 6.07) is 7.08. The summed E-state index contributed by atoms with van der Waals surface area (Å²) in [5.41, 5.74) is 1.98. The van der Waals surface area contributed by atoms with E-state index in [1.165, 1.54) is 0 Å². The van der Waals surface area contributed by atoms with Gasteiger partial charge in [0.15, 0.2) is 0 Å². The summed E-state index contributed by atoms with van der Waals surface area (Å²) < 4.78 is 0. The second kappa shape index (κ2) is 3.77. The van der Waals surface area contributed by atoms with Crippen molar-refractivity contribution in [3.8, 4) is 0 Å². The van der Waals surface area contributed by atoms with Crippen molar-refractivity contribution >= 4 is 18.4 Å². The summed E-state index contributed by atoms with van der Waals surface area (Å²) in [5, 5.41) is 11.7. The SMILES string of the molecule is Cl.O=C(O)C1NCc2ccccc21. The third kappa shape index (κ3) is 1.66. The number of hydrogen-bond acceptors (Lipinski definition) is 2. The average Bonchev–Trinajstić information content (AvgIpc) is 2.47. The molecule has 1 atom stereocenters. The lowest BCUT2D eigenvalue weighted by Crippen LogP contribution is -2.21. The summed E-state index contributed by atoms with van der Waals surface area (Å²) >= 11 is 0. The van der Waals surface area contributed by atoms with E-state index in [0.717, 1.165) is 11.1 Å². The molecule has 2 N–H and O–H groups in total. The summed E-state index contributed by atoms with van der Waals surface area (Å²) in [6.07, 6.45) is 0. The monoisotopic (exact) mass is 199 g/mol. The van der Waals surface area contributed by atoms with Crippen LogP contribution >= 0.6 is 12.4 Å². The molecule has 13 heavy (non-hydrogen) atoms. The van der Waals surface area contributed by atoms with Crippen molar-refractivity contribution in [2.24, 2.45) is 0 Å². The van der Waals surface area contributed by atoms with Crippen molar-refractivity contribution in [1.82, 2.24) is 5.32 Å². The van der Waals surface area contributed by atoms with Gasteiger partial charge in [0.05, 0.1) is 0 Å². The van der Waals surface area contributed by atoms with Gasteiger partial charge >= 0.3 is 5.97 Å². The van der Waals surface area contributed by atoms with Gasteiger partial charge in [-0.1, -0.05) is 24.3 Å². The maximum absolute atomic E-state index is 10.7. The molecule has 0 aliphatic carbocycles. The average molecular weight is 200 g/mol. The Balaban J connectivity index is 0.000000845. The highest BCUT2D eigenvalue weighted by Gasteiger charge is 2.26. The van der Waals surface area contributed by atoms with Gasteiger partial charge in [0.2, 0.25) is 0 Å². The minimum Gasteiger partial charge on any atom is -0.480 e. The van der Waals surface area contributed by atoms with Crippen LogP contribution in [0.4, 0.5) is 0 Å². The Kier molecular flexibility index (Phi) is 2.90. The second-order valence-electron chi connectivity index (χ2n) is 2.85. The molecule has 1 unspecified atom stereocenters. The van der Waals surface area contributed by atoms with Crippen LogP contribution in [0.2, 0.25) is 0 Å². The van der Waals surface area contributed by atoms with Crippen molar-refractivity contribution in [1.29, 1.82) is 0 Å². The zero-order valence-electron chi connectivity index (χ0n) is 6.86. The quantitative estimate of drug-likeness (QED) is 0.718. The molecule has 1 aliphatic heterocycles. The molecule has 0 spiro atoms. The van der Waals surface area contributed by atoms with Gasteiger partial charge in [0.25, 0.3) is 0 Å². The number of hydrogen-bond donors (Lipinski definition) is 2. The lowest BCUT2D eigenvalue weighted by atomic mass is 10.1. The van der Waals surface area contributed by atoms with Crippen LogP contribution in [-0.2, 0) is 11.3 Å². The fourth-order valence-electron chi connectivity index (χ4n) is 1.52. The Morgan fingerprint density at radius 1 is 1.46 bits per heavy atom. The van der Waals surface area contributed by atoms with Gasteiger partial charge in [0.1, 0.15) is 6.04 Å². The maximum atomic E-state index is 10.7. The predicted octanol–water partition coefficient (Wildman–Crippen LogP) is 1.34. The Bertz CT molecular complexity index is 327. The highest BCUT2D eigenvalue weighted by molar-refractivity contribution is 5.85. The van der Waals surface area contributed by atoms with E-state index in [4.69, 9.17) is 5.11 Å². The first-order valence-corrected chi connectivity index (χ1v) is 3.83. The Morgan fingerprint density at radius 3 is 2.85 bits per heavy atom. The van der Waals surface area contributed by atoms with Gasteiger partial charge in [-0.25, -0.2) is 0 Å². The highest BCUT2D eigenvalue weighted by atomic mass is 35.5. The van der Waals surface area contributed by atoms with E-state index >= 15 is 0 Å². The summed E-state index contributed by atoms with van der Waals surface area (Å²) in [7, 11) is 0. The lowest BCUT2D eigenvalue weighted by Gasteiger charge is -2.04. The Hall–Kier alpha value is -1.06. The van der Waals surface area contributed by atoms with Gasteiger partial charge in [-0.05, 0) is 11.1 Å². The summed E-state index contributed by atoms with van der Waals surface area (Å²) in [4.78, 5) is 10.7. The zero-order chi connectivity index (χ0) is 8.55. The van der Waals surface area contributed by atoms with E-state index in [-0.39, 0.29) is 12.4 Å². The third-order valence-corrected chi connectivity index (χ3v) is 2.11. The molecule has 0 bridgehead atoms. The molecule has 0 saturated heterocycles. The van der Waals surface area contributed by atoms with Crippen LogP contribution < -0.4 is 5.32 Å². The zero-order valence-corrected chi connectivity index (χ0v) is 7.67. The van der Waals surface area contributed by atoms with Crippen LogP contribution in [0.15, 0.2) is 24.3 Å². The molecule has 1 aromatic carbocycles. The molecule has 3 nitrogen and oxygen atoms in total. The number of nitrogens with one attached hydrogen (secondary N) is 1. The number of carbonyl (C=O) groups is 1. The van der Waals surface area contributed by atoms with Crippen LogP contribution in [0.1, 0.15) is 17.2 Å². The number of benzene rings is 1. The van der Waals surface area contributed by atoms with E-state index < -0.39 is 12.0 Å². The first-order valence-electron chi connectivity index (χ1n) is 3.83. The Labute approximate surface area is 82.2 Å². The molecular formula is C9H10ClNO2. The smallest absolute Gasteiger partial charge is 0.325 e. The van der Waals surface area contributed by atoms with E-state index in [9.17, 15) is 4.79 Å². The lowest BCUT2D eigenvalue weighted by molar-refractivity contribution is -0.139. The summed E-state index contributed by atoms with van der Waals surface area (Å²) in [5.74, 6) is -0.806.